The van der Waals surface area contributed by atoms with Crippen LogP contribution in [0.25, 0.3) is 0 Å². The summed E-state index contributed by atoms with van der Waals surface area (Å²) in [7, 11) is 0. The molecular formula is C8H11IN2O2S. The van der Waals surface area contributed by atoms with Crippen molar-refractivity contribution in [2.45, 2.75) is 26.9 Å². The normalized spacial score (nSPS) is 10.4. The second-order valence-corrected chi connectivity index (χ2v) is 5.58. The molecule has 1 amide bonds. The van der Waals surface area contributed by atoms with Gasteiger partial charge in [0.25, 0.3) is 0 Å². The van der Waals surface area contributed by atoms with E-state index in [1.807, 2.05) is 20.8 Å². The molecule has 0 aliphatic heterocycles. The van der Waals surface area contributed by atoms with E-state index >= 15 is 0 Å². The predicted molar refractivity (Wildman–Crippen MR) is 64.8 cm³/mol. The monoisotopic (exact) mass is 326 g/mol. The lowest BCUT2D eigenvalue weighted by Crippen LogP contribution is -2.18. The summed E-state index contributed by atoms with van der Waals surface area (Å²) in [6.07, 6.45) is -0.541. The number of nitrogens with zero attached hydrogens (tertiary/aromatic N) is 1. The van der Waals surface area contributed by atoms with Crippen LogP contribution in [0.5, 0.6) is 0 Å². The summed E-state index contributed by atoms with van der Waals surface area (Å²) in [6, 6.07) is 0. The molecule has 0 aliphatic carbocycles. The van der Waals surface area contributed by atoms with Crippen molar-refractivity contribution in [1.82, 2.24) is 4.37 Å². The molecule has 0 unspecified atom stereocenters. The van der Waals surface area contributed by atoms with Gasteiger partial charge in [-0.15, -0.1) is 0 Å². The highest BCUT2D eigenvalue weighted by molar-refractivity contribution is 14.1. The minimum atomic E-state index is -0.429. The lowest BCUT2D eigenvalue weighted by molar-refractivity contribution is 0.130. The lowest BCUT2D eigenvalue weighted by atomic mass is 10.4. The fourth-order valence-corrected chi connectivity index (χ4v) is 2.25. The molecular weight excluding hydrogens is 315 g/mol. The molecule has 1 N–H and O–H groups in total. The minimum absolute atomic E-state index is 0.112. The van der Waals surface area contributed by atoms with E-state index in [-0.39, 0.29) is 6.10 Å². The number of hydrogen-bond acceptors (Lipinski definition) is 4. The number of carbonyl (C=O) groups is 1. The first-order valence-electron chi connectivity index (χ1n) is 4.10. The molecule has 0 radical (unpaired) electrons. The number of rotatable bonds is 2. The molecule has 0 bridgehead atoms. The number of aromatic nitrogens is 1. The van der Waals surface area contributed by atoms with Gasteiger partial charge in [-0.2, -0.15) is 4.37 Å². The number of aryl methyl sites for hydroxylation is 1. The van der Waals surface area contributed by atoms with E-state index in [9.17, 15) is 4.79 Å². The van der Waals surface area contributed by atoms with Crippen LogP contribution in [0.2, 0.25) is 0 Å². The fraction of sp³-hybridized carbons (Fsp3) is 0.500. The molecule has 0 aromatic carbocycles. The maximum atomic E-state index is 11.3. The van der Waals surface area contributed by atoms with Crippen molar-refractivity contribution in [3.05, 3.63) is 8.58 Å². The zero-order valence-electron chi connectivity index (χ0n) is 8.13. The first-order chi connectivity index (χ1) is 6.50. The average molecular weight is 326 g/mol. The molecule has 1 aromatic rings. The third kappa shape index (κ3) is 3.09. The first kappa shape index (κ1) is 11.7. The highest BCUT2D eigenvalue weighted by Crippen LogP contribution is 2.25. The molecule has 0 saturated carbocycles. The van der Waals surface area contributed by atoms with E-state index in [1.165, 1.54) is 11.5 Å². The minimum Gasteiger partial charge on any atom is -0.447 e. The Morgan fingerprint density at radius 1 is 1.64 bits per heavy atom. The summed E-state index contributed by atoms with van der Waals surface area (Å²) in [5.41, 5.74) is 1.57. The van der Waals surface area contributed by atoms with Crippen LogP contribution in [0, 0.1) is 9.81 Å². The largest absolute Gasteiger partial charge is 0.447 e. The van der Waals surface area contributed by atoms with E-state index in [0.717, 1.165) is 14.3 Å². The van der Waals surface area contributed by atoms with Gasteiger partial charge in [-0.3, -0.25) is 5.32 Å². The van der Waals surface area contributed by atoms with Crippen LogP contribution >= 0.6 is 34.1 Å². The first-order valence-corrected chi connectivity index (χ1v) is 5.95. The average Bonchev–Trinajstić information content (AvgIpc) is 2.34. The number of hydrogen-bond donors (Lipinski definition) is 1. The van der Waals surface area contributed by atoms with E-state index in [1.54, 1.807) is 0 Å². The van der Waals surface area contributed by atoms with Gasteiger partial charge in [0.05, 0.1) is 17.5 Å². The molecule has 1 heterocycles. The zero-order chi connectivity index (χ0) is 10.7. The molecule has 0 fully saturated rings. The van der Waals surface area contributed by atoms with Gasteiger partial charge < -0.3 is 4.74 Å². The van der Waals surface area contributed by atoms with Crippen molar-refractivity contribution in [3.8, 4) is 0 Å². The van der Waals surface area contributed by atoms with Gasteiger partial charge >= 0.3 is 6.09 Å². The third-order valence-corrected chi connectivity index (χ3v) is 3.25. The maximum Gasteiger partial charge on any atom is 0.411 e. The zero-order valence-corrected chi connectivity index (χ0v) is 11.1. The van der Waals surface area contributed by atoms with E-state index in [0.29, 0.717) is 0 Å². The van der Waals surface area contributed by atoms with Crippen molar-refractivity contribution in [1.29, 1.82) is 0 Å². The molecule has 14 heavy (non-hydrogen) atoms. The Balaban J connectivity index is 2.64. The van der Waals surface area contributed by atoms with Crippen molar-refractivity contribution in [2.24, 2.45) is 0 Å². The number of halogens is 1. The van der Waals surface area contributed by atoms with E-state index < -0.39 is 6.09 Å². The summed E-state index contributed by atoms with van der Waals surface area (Å²) in [5, 5.41) is 2.67. The Labute approximate surface area is 100 Å². The molecule has 4 nitrogen and oxygen atoms in total. The van der Waals surface area contributed by atoms with Gasteiger partial charge in [-0.1, -0.05) is 0 Å². The molecule has 0 aliphatic rings. The van der Waals surface area contributed by atoms with Crippen LogP contribution in [0.3, 0.4) is 0 Å². The number of amides is 1. The van der Waals surface area contributed by atoms with Crippen molar-refractivity contribution >= 4 is 45.9 Å². The van der Waals surface area contributed by atoms with Gasteiger partial charge in [0.15, 0.2) is 0 Å². The number of ether oxygens (including phenoxy) is 1. The van der Waals surface area contributed by atoms with E-state index in [2.05, 4.69) is 32.3 Å². The summed E-state index contributed by atoms with van der Waals surface area (Å²) >= 11 is 3.49. The summed E-state index contributed by atoms with van der Waals surface area (Å²) in [4.78, 5) is 11.3. The SMILES string of the molecule is Cc1nsc(I)c1NC(=O)OC(C)C. The summed E-state index contributed by atoms with van der Waals surface area (Å²) in [6.45, 7) is 5.47. The van der Waals surface area contributed by atoms with Crippen LogP contribution in [0.15, 0.2) is 0 Å². The van der Waals surface area contributed by atoms with Gasteiger partial charge in [0.2, 0.25) is 0 Å². The maximum absolute atomic E-state index is 11.3. The van der Waals surface area contributed by atoms with Crippen LogP contribution in [-0.4, -0.2) is 16.6 Å². The van der Waals surface area contributed by atoms with Crippen molar-refractivity contribution in [3.63, 3.8) is 0 Å². The van der Waals surface area contributed by atoms with Gasteiger partial charge in [-0.25, -0.2) is 4.79 Å². The second kappa shape index (κ2) is 4.92. The van der Waals surface area contributed by atoms with Gasteiger partial charge in [-0.05, 0) is 54.9 Å². The fourth-order valence-electron chi connectivity index (χ4n) is 0.827. The molecule has 6 heteroatoms. The topological polar surface area (TPSA) is 51.2 Å². The molecule has 0 saturated heterocycles. The van der Waals surface area contributed by atoms with Crippen molar-refractivity contribution in [2.75, 3.05) is 5.32 Å². The quantitative estimate of drug-likeness (QED) is 0.850. The standard InChI is InChI=1S/C8H11IN2O2S/c1-4(2)13-8(12)10-6-5(3)11-14-7(6)9/h4H,1-3H3,(H,10,12). The molecule has 0 atom stereocenters. The predicted octanol–water partition coefficient (Wildman–Crippen LogP) is 3.01. The van der Waals surface area contributed by atoms with Crippen LogP contribution in [0.4, 0.5) is 10.5 Å². The Morgan fingerprint density at radius 3 is 2.71 bits per heavy atom. The van der Waals surface area contributed by atoms with E-state index in [4.69, 9.17) is 4.74 Å². The Morgan fingerprint density at radius 2 is 2.29 bits per heavy atom. The summed E-state index contributed by atoms with van der Waals surface area (Å²) < 4.78 is 10.0. The Kier molecular flexibility index (Phi) is 4.11. The van der Waals surface area contributed by atoms with Gasteiger partial charge in [0.1, 0.15) is 2.88 Å². The smallest absolute Gasteiger partial charge is 0.411 e. The Hall–Kier alpha value is -0.370. The highest BCUT2D eigenvalue weighted by Gasteiger charge is 2.12. The van der Waals surface area contributed by atoms with Crippen LogP contribution < -0.4 is 5.32 Å². The van der Waals surface area contributed by atoms with Crippen LogP contribution in [-0.2, 0) is 4.74 Å². The van der Waals surface area contributed by atoms with Crippen molar-refractivity contribution < 1.29 is 9.53 Å². The number of anilines is 1. The molecule has 78 valence electrons. The van der Waals surface area contributed by atoms with Gasteiger partial charge in [0, 0.05) is 0 Å². The highest BCUT2D eigenvalue weighted by atomic mass is 127. The molecule has 1 rings (SSSR count). The second-order valence-electron chi connectivity index (χ2n) is 3.00. The lowest BCUT2D eigenvalue weighted by Gasteiger charge is -2.08. The summed E-state index contributed by atoms with van der Waals surface area (Å²) in [5.74, 6) is 0. The van der Waals surface area contributed by atoms with Crippen LogP contribution in [0.1, 0.15) is 19.5 Å². The third-order valence-electron chi connectivity index (χ3n) is 1.39. The number of carbonyl (C=O) groups excluding carboxylic acids is 1. The molecule has 1 aromatic heterocycles. The number of nitrogens with one attached hydrogen (secondary N) is 1. The Bertz CT molecular complexity index is 319. The molecule has 0 spiro atoms.